The van der Waals surface area contributed by atoms with Crippen LogP contribution >= 0.6 is 0 Å². The number of hydrogen-bond acceptors (Lipinski definition) is 2. The van der Waals surface area contributed by atoms with Crippen LogP contribution in [0.3, 0.4) is 0 Å². The maximum absolute atomic E-state index is 11.8. The molecule has 5 heteroatoms. The predicted octanol–water partition coefficient (Wildman–Crippen LogP) is 1.83. The summed E-state index contributed by atoms with van der Waals surface area (Å²) in [6.45, 7) is 8.60. The molecular weight excluding hydrogens is 220 g/mol. The predicted molar refractivity (Wildman–Crippen MR) is 66.9 cm³/mol. The molecule has 0 heterocycles. The lowest BCUT2D eigenvalue weighted by Crippen LogP contribution is -2.47. The van der Waals surface area contributed by atoms with Gasteiger partial charge in [0.05, 0.1) is 0 Å². The number of carbonyl (C=O) groups excluding carboxylic acids is 1. The van der Waals surface area contributed by atoms with E-state index in [-0.39, 0.29) is 11.8 Å². The number of carbonyl (C=O) groups is 2. The van der Waals surface area contributed by atoms with Gasteiger partial charge in [0.1, 0.15) is 6.04 Å². The van der Waals surface area contributed by atoms with E-state index in [1.54, 1.807) is 0 Å². The summed E-state index contributed by atoms with van der Waals surface area (Å²) < 4.78 is 0. The summed E-state index contributed by atoms with van der Waals surface area (Å²) in [5, 5.41) is 13.7. The Balaban J connectivity index is 4.26. The Bertz CT molecular complexity index is 254. The summed E-state index contributed by atoms with van der Waals surface area (Å²) >= 11 is 0. The second-order valence-electron chi connectivity index (χ2n) is 4.89. The molecule has 0 bridgehead atoms. The molecule has 0 spiro atoms. The van der Waals surface area contributed by atoms with Crippen LogP contribution in [0.2, 0.25) is 0 Å². The summed E-state index contributed by atoms with van der Waals surface area (Å²) in [6.07, 6.45) is 0.342. The molecule has 3 N–H and O–H groups in total. The summed E-state index contributed by atoms with van der Waals surface area (Å²) in [4.78, 5) is 22.4. The lowest BCUT2D eigenvalue weighted by Gasteiger charge is -2.19. The van der Waals surface area contributed by atoms with Crippen LogP contribution < -0.4 is 10.6 Å². The molecule has 5 nitrogen and oxygen atoms in total. The summed E-state index contributed by atoms with van der Waals surface area (Å²) in [5.41, 5.74) is 0. The monoisotopic (exact) mass is 244 g/mol. The van der Waals surface area contributed by atoms with Crippen LogP contribution in [0.25, 0.3) is 0 Å². The molecule has 0 aliphatic carbocycles. The fourth-order valence-electron chi connectivity index (χ4n) is 1.39. The molecule has 0 fully saturated rings. The summed E-state index contributed by atoms with van der Waals surface area (Å²) in [7, 11) is 0. The van der Waals surface area contributed by atoms with Crippen LogP contribution in [0.4, 0.5) is 4.79 Å². The van der Waals surface area contributed by atoms with E-state index in [0.29, 0.717) is 18.9 Å². The molecule has 0 aromatic rings. The van der Waals surface area contributed by atoms with Crippen molar-refractivity contribution in [1.29, 1.82) is 0 Å². The Morgan fingerprint density at radius 3 is 2.24 bits per heavy atom. The van der Waals surface area contributed by atoms with Gasteiger partial charge in [-0.2, -0.15) is 0 Å². The normalized spacial score (nSPS) is 14.2. The zero-order valence-electron chi connectivity index (χ0n) is 11.1. The first-order valence-electron chi connectivity index (χ1n) is 6.13. The molecule has 0 aliphatic rings. The molecule has 0 rings (SSSR count). The van der Waals surface area contributed by atoms with Crippen molar-refractivity contribution in [3.05, 3.63) is 0 Å². The first-order chi connectivity index (χ1) is 7.86. The number of amides is 2. The molecule has 17 heavy (non-hydrogen) atoms. The Morgan fingerprint density at radius 2 is 1.82 bits per heavy atom. The highest BCUT2D eigenvalue weighted by atomic mass is 16.4. The van der Waals surface area contributed by atoms with Gasteiger partial charge in [-0.25, -0.2) is 4.79 Å². The molecule has 1 unspecified atom stereocenters. The maximum atomic E-state index is 11.8. The van der Waals surface area contributed by atoms with E-state index in [1.807, 2.05) is 20.8 Å². The van der Waals surface area contributed by atoms with E-state index in [4.69, 9.17) is 5.11 Å². The average Bonchev–Trinajstić information content (AvgIpc) is 2.23. The van der Waals surface area contributed by atoms with Crippen LogP contribution in [0.1, 0.15) is 40.5 Å². The Morgan fingerprint density at radius 1 is 1.24 bits per heavy atom. The molecule has 2 amide bonds. The fourth-order valence-corrected chi connectivity index (χ4v) is 1.39. The van der Waals surface area contributed by atoms with Crippen LogP contribution in [0.5, 0.6) is 0 Å². The number of carboxylic acid groups (broad SMARTS) is 1. The van der Waals surface area contributed by atoms with Crippen molar-refractivity contribution < 1.29 is 14.7 Å². The molecule has 0 saturated heterocycles. The second kappa shape index (κ2) is 7.92. The van der Waals surface area contributed by atoms with Gasteiger partial charge in [-0.05, 0) is 18.3 Å². The van der Waals surface area contributed by atoms with Crippen molar-refractivity contribution in [3.8, 4) is 0 Å². The molecular formula is C12H24N2O3. The lowest BCUT2D eigenvalue weighted by atomic mass is 10.0. The topological polar surface area (TPSA) is 78.4 Å². The third-order valence-corrected chi connectivity index (χ3v) is 2.64. The smallest absolute Gasteiger partial charge is 0.405 e. The van der Waals surface area contributed by atoms with Crippen molar-refractivity contribution in [3.63, 3.8) is 0 Å². The van der Waals surface area contributed by atoms with Crippen molar-refractivity contribution >= 4 is 12.0 Å². The zero-order valence-corrected chi connectivity index (χ0v) is 11.1. The first kappa shape index (κ1) is 15.7. The van der Waals surface area contributed by atoms with Gasteiger partial charge in [0, 0.05) is 6.54 Å². The van der Waals surface area contributed by atoms with Crippen LogP contribution in [0.15, 0.2) is 0 Å². The highest BCUT2D eigenvalue weighted by molar-refractivity contribution is 5.85. The van der Waals surface area contributed by atoms with E-state index in [0.717, 1.165) is 6.42 Å². The Kier molecular flexibility index (Phi) is 7.34. The highest BCUT2D eigenvalue weighted by Crippen LogP contribution is 2.05. The lowest BCUT2D eigenvalue weighted by molar-refractivity contribution is -0.123. The molecule has 0 radical (unpaired) electrons. The van der Waals surface area contributed by atoms with E-state index in [2.05, 4.69) is 17.6 Å². The van der Waals surface area contributed by atoms with Gasteiger partial charge >= 0.3 is 6.09 Å². The van der Waals surface area contributed by atoms with Gasteiger partial charge in [-0.1, -0.05) is 34.1 Å². The molecule has 0 aromatic carbocycles. The van der Waals surface area contributed by atoms with E-state index < -0.39 is 12.1 Å². The van der Waals surface area contributed by atoms with Gasteiger partial charge in [-0.15, -0.1) is 0 Å². The van der Waals surface area contributed by atoms with Gasteiger partial charge in [0.15, 0.2) is 0 Å². The minimum atomic E-state index is -1.16. The van der Waals surface area contributed by atoms with E-state index >= 15 is 0 Å². The molecule has 0 aromatic heterocycles. The average molecular weight is 244 g/mol. The zero-order chi connectivity index (χ0) is 13.4. The van der Waals surface area contributed by atoms with Crippen LogP contribution in [-0.2, 0) is 4.79 Å². The van der Waals surface area contributed by atoms with Crippen molar-refractivity contribution in [2.75, 3.05) is 6.54 Å². The first-order valence-corrected chi connectivity index (χ1v) is 6.13. The minimum absolute atomic E-state index is 0.235. The molecule has 2 atom stereocenters. The minimum Gasteiger partial charge on any atom is -0.465 e. The summed E-state index contributed by atoms with van der Waals surface area (Å²) in [5.74, 6) is 0.436. The van der Waals surface area contributed by atoms with Crippen molar-refractivity contribution in [2.45, 2.75) is 46.6 Å². The Hall–Kier alpha value is -1.26. The van der Waals surface area contributed by atoms with Crippen LogP contribution in [0, 0.1) is 11.8 Å². The van der Waals surface area contributed by atoms with Crippen molar-refractivity contribution in [1.82, 2.24) is 10.6 Å². The number of nitrogens with one attached hydrogen (secondary N) is 2. The van der Waals surface area contributed by atoms with Gasteiger partial charge in [-0.3, -0.25) is 4.79 Å². The third kappa shape index (κ3) is 7.60. The van der Waals surface area contributed by atoms with Crippen LogP contribution in [-0.4, -0.2) is 29.7 Å². The van der Waals surface area contributed by atoms with E-state index in [9.17, 15) is 9.59 Å². The third-order valence-electron chi connectivity index (χ3n) is 2.64. The maximum Gasteiger partial charge on any atom is 0.405 e. The van der Waals surface area contributed by atoms with E-state index in [1.165, 1.54) is 0 Å². The highest BCUT2D eigenvalue weighted by Gasteiger charge is 2.21. The molecule has 100 valence electrons. The molecule has 0 saturated carbocycles. The number of rotatable bonds is 7. The summed E-state index contributed by atoms with van der Waals surface area (Å²) in [6, 6.07) is -0.656. The SMILES string of the molecule is CCC(C)CNC(=O)[C@H](CC(C)C)NC(=O)O. The van der Waals surface area contributed by atoms with Crippen molar-refractivity contribution in [2.24, 2.45) is 11.8 Å². The number of hydrogen-bond donors (Lipinski definition) is 3. The van der Waals surface area contributed by atoms with Gasteiger partial charge < -0.3 is 15.7 Å². The largest absolute Gasteiger partial charge is 0.465 e. The van der Waals surface area contributed by atoms with Gasteiger partial charge in [0.25, 0.3) is 0 Å². The quantitative estimate of drug-likeness (QED) is 0.639. The van der Waals surface area contributed by atoms with Gasteiger partial charge in [0.2, 0.25) is 5.91 Å². The molecule has 0 aliphatic heterocycles. The Labute approximate surface area is 103 Å². The standard InChI is InChI=1S/C12H24N2O3/c1-5-9(4)7-13-11(15)10(6-8(2)3)14-12(16)17/h8-10,14H,5-7H2,1-4H3,(H,13,15)(H,16,17)/t9?,10-/m0/s1. The fraction of sp³-hybridized carbons (Fsp3) is 0.833. The second-order valence-corrected chi connectivity index (χ2v) is 4.89.